The molecule has 1 aliphatic carbocycles. The molecule has 3 rings (SSSR count). The highest BCUT2D eigenvalue weighted by atomic mass is 19.1. The molecule has 2 bridgehead atoms. The van der Waals surface area contributed by atoms with Crippen LogP contribution in [0.3, 0.4) is 0 Å². The highest BCUT2D eigenvalue weighted by Gasteiger charge is 2.38. The van der Waals surface area contributed by atoms with E-state index in [1.54, 1.807) is 13.8 Å². The van der Waals surface area contributed by atoms with Gasteiger partial charge in [0.05, 0.1) is 6.10 Å². The zero-order valence-electron chi connectivity index (χ0n) is 11.0. The van der Waals surface area contributed by atoms with Crippen LogP contribution in [0.25, 0.3) is 0 Å². The van der Waals surface area contributed by atoms with E-state index >= 15 is 0 Å². The summed E-state index contributed by atoms with van der Waals surface area (Å²) in [6.45, 7) is 4.57. The van der Waals surface area contributed by atoms with Gasteiger partial charge in [-0.05, 0) is 56.7 Å². The summed E-state index contributed by atoms with van der Waals surface area (Å²) in [7, 11) is 0. The highest BCUT2D eigenvalue weighted by molar-refractivity contribution is 5.58. The number of anilines is 1. The minimum absolute atomic E-state index is 0.223. The van der Waals surface area contributed by atoms with Crippen molar-refractivity contribution >= 4 is 5.69 Å². The minimum atomic E-state index is -0.616. The summed E-state index contributed by atoms with van der Waals surface area (Å²) in [5, 5.41) is 9.86. The van der Waals surface area contributed by atoms with Gasteiger partial charge < -0.3 is 10.0 Å². The van der Waals surface area contributed by atoms with Gasteiger partial charge in [0.2, 0.25) is 0 Å². The predicted octanol–water partition coefficient (Wildman–Crippen LogP) is 3.18. The smallest absolute Gasteiger partial charge is 0.126 e. The van der Waals surface area contributed by atoms with Crippen molar-refractivity contribution in [2.45, 2.75) is 45.3 Å². The first-order valence-electron chi connectivity index (χ1n) is 6.81. The Morgan fingerprint density at radius 3 is 2.72 bits per heavy atom. The quantitative estimate of drug-likeness (QED) is 0.870. The SMILES string of the molecule is Cc1cc(N2CC3CCC2C3)c(C(C)O)cc1F. The number of rotatable bonds is 2. The maximum absolute atomic E-state index is 13.7. The Kier molecular flexibility index (Phi) is 2.81. The lowest BCUT2D eigenvalue weighted by atomic mass is 10.0. The Labute approximate surface area is 107 Å². The first-order chi connectivity index (χ1) is 8.56. The number of nitrogens with zero attached hydrogens (tertiary/aromatic N) is 1. The summed E-state index contributed by atoms with van der Waals surface area (Å²) in [5.41, 5.74) is 2.43. The monoisotopic (exact) mass is 249 g/mol. The lowest BCUT2D eigenvalue weighted by molar-refractivity contribution is 0.199. The Bertz CT molecular complexity index is 472. The summed E-state index contributed by atoms with van der Waals surface area (Å²) in [6, 6.07) is 4.00. The molecular formula is C15H20FNO. The zero-order valence-corrected chi connectivity index (χ0v) is 11.0. The average molecular weight is 249 g/mol. The third kappa shape index (κ3) is 1.81. The Balaban J connectivity index is 2.02. The van der Waals surface area contributed by atoms with Crippen molar-refractivity contribution in [1.29, 1.82) is 0 Å². The van der Waals surface area contributed by atoms with Crippen molar-refractivity contribution in [3.8, 4) is 0 Å². The lowest BCUT2D eigenvalue weighted by Gasteiger charge is -2.32. The van der Waals surface area contributed by atoms with Gasteiger partial charge in [0, 0.05) is 23.8 Å². The maximum Gasteiger partial charge on any atom is 0.126 e. The number of halogens is 1. The van der Waals surface area contributed by atoms with Crippen LogP contribution in [0.1, 0.15) is 43.4 Å². The van der Waals surface area contributed by atoms with Gasteiger partial charge in [0.25, 0.3) is 0 Å². The molecule has 0 radical (unpaired) electrons. The van der Waals surface area contributed by atoms with Crippen LogP contribution in [0, 0.1) is 18.7 Å². The third-order valence-corrected chi connectivity index (χ3v) is 4.48. The molecule has 1 N–H and O–H groups in total. The van der Waals surface area contributed by atoms with E-state index in [9.17, 15) is 9.50 Å². The number of hydrogen-bond donors (Lipinski definition) is 1. The Hall–Kier alpha value is -1.09. The summed E-state index contributed by atoms with van der Waals surface area (Å²) in [6.07, 6.45) is 3.20. The topological polar surface area (TPSA) is 23.5 Å². The molecule has 0 spiro atoms. The second-order valence-corrected chi connectivity index (χ2v) is 5.82. The molecule has 1 aromatic carbocycles. The number of piperidine rings is 1. The molecule has 1 aromatic rings. The molecule has 2 aliphatic rings. The van der Waals surface area contributed by atoms with E-state index in [2.05, 4.69) is 4.90 Å². The van der Waals surface area contributed by atoms with E-state index in [-0.39, 0.29) is 5.82 Å². The molecule has 18 heavy (non-hydrogen) atoms. The molecule has 2 nitrogen and oxygen atoms in total. The van der Waals surface area contributed by atoms with E-state index in [1.165, 1.54) is 25.3 Å². The highest BCUT2D eigenvalue weighted by Crippen LogP contribution is 2.42. The molecule has 1 saturated carbocycles. The number of aryl methyl sites for hydroxylation is 1. The van der Waals surface area contributed by atoms with Crippen LogP contribution in [-0.2, 0) is 0 Å². The van der Waals surface area contributed by atoms with E-state index < -0.39 is 6.10 Å². The number of fused-ring (bicyclic) bond motifs is 2. The van der Waals surface area contributed by atoms with Gasteiger partial charge in [0.15, 0.2) is 0 Å². The Morgan fingerprint density at radius 1 is 1.39 bits per heavy atom. The predicted molar refractivity (Wildman–Crippen MR) is 70.2 cm³/mol. The van der Waals surface area contributed by atoms with Crippen LogP contribution in [0.4, 0.5) is 10.1 Å². The molecule has 1 heterocycles. The molecule has 1 aliphatic heterocycles. The first-order valence-corrected chi connectivity index (χ1v) is 6.81. The Morgan fingerprint density at radius 2 is 2.17 bits per heavy atom. The molecule has 3 unspecified atom stereocenters. The second kappa shape index (κ2) is 4.23. The van der Waals surface area contributed by atoms with E-state index in [0.29, 0.717) is 11.6 Å². The molecule has 3 heteroatoms. The molecule has 0 amide bonds. The zero-order chi connectivity index (χ0) is 12.9. The maximum atomic E-state index is 13.7. The first kappa shape index (κ1) is 12.0. The van der Waals surface area contributed by atoms with Crippen LogP contribution in [-0.4, -0.2) is 17.7 Å². The van der Waals surface area contributed by atoms with Crippen LogP contribution in [0.15, 0.2) is 12.1 Å². The van der Waals surface area contributed by atoms with Crippen LogP contribution in [0.2, 0.25) is 0 Å². The fourth-order valence-corrected chi connectivity index (χ4v) is 3.48. The van der Waals surface area contributed by atoms with Crippen molar-refractivity contribution in [2.24, 2.45) is 5.92 Å². The fourth-order valence-electron chi connectivity index (χ4n) is 3.48. The van der Waals surface area contributed by atoms with Gasteiger partial charge in [0.1, 0.15) is 5.82 Å². The summed E-state index contributed by atoms with van der Waals surface area (Å²) in [5.74, 6) is 0.571. The summed E-state index contributed by atoms with van der Waals surface area (Å²) < 4.78 is 13.7. The van der Waals surface area contributed by atoms with Crippen molar-refractivity contribution in [1.82, 2.24) is 0 Å². The molecule has 1 saturated heterocycles. The van der Waals surface area contributed by atoms with Gasteiger partial charge in [-0.1, -0.05) is 0 Å². The standard InChI is InChI=1S/C15H20FNO/c1-9-5-15(13(10(2)18)7-14(9)16)17-8-11-3-4-12(17)6-11/h5,7,10-12,18H,3-4,6,8H2,1-2H3. The number of aliphatic hydroxyl groups is 1. The molecular weight excluding hydrogens is 229 g/mol. The van der Waals surface area contributed by atoms with Crippen molar-refractivity contribution in [2.75, 3.05) is 11.4 Å². The van der Waals surface area contributed by atoms with Gasteiger partial charge >= 0.3 is 0 Å². The van der Waals surface area contributed by atoms with Crippen LogP contribution >= 0.6 is 0 Å². The number of hydrogen-bond acceptors (Lipinski definition) is 2. The molecule has 0 aromatic heterocycles. The summed E-state index contributed by atoms with van der Waals surface area (Å²) in [4.78, 5) is 2.38. The van der Waals surface area contributed by atoms with E-state index in [1.807, 2.05) is 6.07 Å². The van der Waals surface area contributed by atoms with E-state index in [0.717, 1.165) is 23.7 Å². The summed E-state index contributed by atoms with van der Waals surface area (Å²) >= 11 is 0. The van der Waals surface area contributed by atoms with Crippen molar-refractivity contribution in [3.63, 3.8) is 0 Å². The van der Waals surface area contributed by atoms with Crippen LogP contribution < -0.4 is 4.90 Å². The van der Waals surface area contributed by atoms with Crippen LogP contribution in [0.5, 0.6) is 0 Å². The van der Waals surface area contributed by atoms with Gasteiger partial charge in [-0.2, -0.15) is 0 Å². The van der Waals surface area contributed by atoms with Crippen molar-refractivity contribution < 1.29 is 9.50 Å². The van der Waals surface area contributed by atoms with Gasteiger partial charge in [-0.15, -0.1) is 0 Å². The molecule has 2 fully saturated rings. The second-order valence-electron chi connectivity index (χ2n) is 5.82. The normalized spacial score (nSPS) is 27.9. The molecule has 98 valence electrons. The average Bonchev–Trinajstić information content (AvgIpc) is 2.93. The van der Waals surface area contributed by atoms with Crippen molar-refractivity contribution in [3.05, 3.63) is 29.1 Å². The largest absolute Gasteiger partial charge is 0.389 e. The van der Waals surface area contributed by atoms with E-state index in [4.69, 9.17) is 0 Å². The molecule has 3 atom stereocenters. The number of benzene rings is 1. The fraction of sp³-hybridized carbons (Fsp3) is 0.600. The van der Waals surface area contributed by atoms with Gasteiger partial charge in [-0.3, -0.25) is 0 Å². The lowest BCUT2D eigenvalue weighted by Crippen LogP contribution is -2.33. The third-order valence-electron chi connectivity index (χ3n) is 4.48. The number of aliphatic hydroxyl groups excluding tert-OH is 1. The minimum Gasteiger partial charge on any atom is -0.389 e. The van der Waals surface area contributed by atoms with Gasteiger partial charge in [-0.25, -0.2) is 4.39 Å².